The third-order valence-electron chi connectivity index (χ3n) is 4.42. The van der Waals surface area contributed by atoms with Gasteiger partial charge in [-0.15, -0.1) is 16.8 Å². The number of ether oxygens (including phenoxy) is 3. The second kappa shape index (κ2) is 9.37. The van der Waals surface area contributed by atoms with Crippen LogP contribution < -0.4 is 14.2 Å². The molecule has 2 aromatic carbocycles. The minimum absolute atomic E-state index is 0.336. The van der Waals surface area contributed by atoms with Gasteiger partial charge in [-0.05, 0) is 36.4 Å². The van der Waals surface area contributed by atoms with Crippen molar-refractivity contribution in [1.29, 1.82) is 5.26 Å². The lowest BCUT2D eigenvalue weighted by atomic mass is 10.2. The summed E-state index contributed by atoms with van der Waals surface area (Å²) in [5.41, 5.74) is 0.610. The van der Waals surface area contributed by atoms with Crippen LogP contribution in [0, 0.1) is 11.3 Å². The summed E-state index contributed by atoms with van der Waals surface area (Å²) >= 11 is 1.55. The second-order valence-corrected chi connectivity index (χ2v) is 7.50. The number of nitrogens with zero attached hydrogens (tertiary/aromatic N) is 4. The van der Waals surface area contributed by atoms with Crippen LogP contribution in [-0.4, -0.2) is 33.7 Å². The Morgan fingerprint density at radius 2 is 2.00 bits per heavy atom. The molecule has 8 heteroatoms. The van der Waals surface area contributed by atoms with Crippen LogP contribution in [0.1, 0.15) is 17.5 Å². The smallest absolute Gasteiger partial charge is 0.192 e. The van der Waals surface area contributed by atoms with Crippen molar-refractivity contribution in [2.24, 2.45) is 0 Å². The highest BCUT2D eigenvalue weighted by Crippen LogP contribution is 2.36. The van der Waals surface area contributed by atoms with E-state index < -0.39 is 0 Å². The Labute approximate surface area is 178 Å². The van der Waals surface area contributed by atoms with Crippen LogP contribution in [0.2, 0.25) is 0 Å². The van der Waals surface area contributed by atoms with Gasteiger partial charge in [-0.3, -0.25) is 4.57 Å². The van der Waals surface area contributed by atoms with Gasteiger partial charge in [0.15, 0.2) is 28.6 Å². The number of hydrogen-bond donors (Lipinski definition) is 0. The van der Waals surface area contributed by atoms with Gasteiger partial charge in [-0.2, -0.15) is 5.26 Å². The average Bonchev–Trinajstić information content (AvgIpc) is 3.19. The van der Waals surface area contributed by atoms with E-state index in [9.17, 15) is 0 Å². The first-order valence-electron chi connectivity index (χ1n) is 9.46. The topological polar surface area (TPSA) is 82.2 Å². The average molecular weight is 420 g/mol. The van der Waals surface area contributed by atoms with Gasteiger partial charge in [0.25, 0.3) is 0 Å². The number of benzene rings is 2. The second-order valence-electron chi connectivity index (χ2n) is 6.44. The summed E-state index contributed by atoms with van der Waals surface area (Å²) in [5.74, 6) is 3.57. The molecule has 1 aliphatic rings. The summed E-state index contributed by atoms with van der Waals surface area (Å²) in [6, 6.07) is 16.7. The van der Waals surface area contributed by atoms with Crippen LogP contribution in [-0.2, 0) is 6.54 Å². The van der Waals surface area contributed by atoms with Gasteiger partial charge in [-0.25, -0.2) is 0 Å². The fourth-order valence-electron chi connectivity index (χ4n) is 3.01. The van der Waals surface area contributed by atoms with Crippen molar-refractivity contribution in [3.05, 3.63) is 72.6 Å². The molecule has 0 N–H and O–H groups in total. The molecular weight excluding hydrogens is 400 g/mol. The number of hydrogen-bond acceptors (Lipinski definition) is 7. The molecule has 0 amide bonds. The molecule has 0 radical (unpaired) electrons. The molecule has 7 nitrogen and oxygen atoms in total. The Kier molecular flexibility index (Phi) is 6.20. The van der Waals surface area contributed by atoms with Crippen molar-refractivity contribution in [3.8, 4) is 23.3 Å². The van der Waals surface area contributed by atoms with Crippen molar-refractivity contribution in [2.75, 3.05) is 19.0 Å². The molecule has 3 aromatic rings. The zero-order chi connectivity index (χ0) is 20.8. The highest BCUT2D eigenvalue weighted by atomic mass is 32.2. The SMILES string of the molecule is C=CCn1c(SCCOc2ccc(C#N)cc2)nnc1C1COc2ccccc2O1. The maximum atomic E-state index is 8.85. The van der Waals surface area contributed by atoms with Gasteiger partial charge < -0.3 is 14.2 Å². The zero-order valence-electron chi connectivity index (χ0n) is 16.2. The van der Waals surface area contributed by atoms with Crippen molar-refractivity contribution < 1.29 is 14.2 Å². The molecule has 4 rings (SSSR count). The summed E-state index contributed by atoms with van der Waals surface area (Å²) in [5, 5.41) is 18.3. The lowest BCUT2D eigenvalue weighted by molar-refractivity contribution is 0.0821. The molecule has 0 saturated heterocycles. The maximum absolute atomic E-state index is 8.85. The van der Waals surface area contributed by atoms with Crippen LogP contribution in [0.25, 0.3) is 0 Å². The van der Waals surface area contributed by atoms with E-state index >= 15 is 0 Å². The number of aromatic nitrogens is 3. The number of thioether (sulfide) groups is 1. The molecule has 1 unspecified atom stereocenters. The van der Waals surface area contributed by atoms with E-state index in [2.05, 4.69) is 22.8 Å². The summed E-state index contributed by atoms with van der Waals surface area (Å²) in [4.78, 5) is 0. The fraction of sp³-hybridized carbons (Fsp3) is 0.227. The molecule has 1 aliphatic heterocycles. The normalized spacial score (nSPS) is 14.7. The first kappa shape index (κ1) is 19.9. The lowest BCUT2D eigenvalue weighted by Gasteiger charge is -2.26. The Balaban J connectivity index is 1.39. The van der Waals surface area contributed by atoms with Crippen molar-refractivity contribution in [3.63, 3.8) is 0 Å². The highest BCUT2D eigenvalue weighted by molar-refractivity contribution is 7.99. The number of allylic oxidation sites excluding steroid dienone is 1. The van der Waals surface area contributed by atoms with E-state index in [-0.39, 0.29) is 6.10 Å². The van der Waals surface area contributed by atoms with Gasteiger partial charge in [0.05, 0.1) is 18.2 Å². The predicted octanol–water partition coefficient (Wildman–Crippen LogP) is 4.02. The highest BCUT2D eigenvalue weighted by Gasteiger charge is 2.28. The standard InChI is InChI=1S/C22H20N4O3S/c1-2-11-26-21(20-15-28-18-5-3-4-6-19(18)29-20)24-25-22(26)30-13-12-27-17-9-7-16(14-23)8-10-17/h2-10,20H,1,11-13,15H2. The van der Waals surface area contributed by atoms with Gasteiger partial charge in [-0.1, -0.05) is 30.0 Å². The van der Waals surface area contributed by atoms with Crippen molar-refractivity contribution in [1.82, 2.24) is 14.8 Å². The molecule has 0 bridgehead atoms. The van der Waals surface area contributed by atoms with Gasteiger partial charge in [0.2, 0.25) is 0 Å². The van der Waals surface area contributed by atoms with Crippen LogP contribution in [0.5, 0.6) is 17.2 Å². The molecular formula is C22H20N4O3S. The summed E-state index contributed by atoms with van der Waals surface area (Å²) in [6.07, 6.45) is 1.47. The maximum Gasteiger partial charge on any atom is 0.192 e. The molecule has 1 atom stereocenters. The van der Waals surface area contributed by atoms with Crippen molar-refractivity contribution >= 4 is 11.8 Å². The van der Waals surface area contributed by atoms with E-state index in [0.717, 1.165) is 16.7 Å². The predicted molar refractivity (Wildman–Crippen MR) is 113 cm³/mol. The Hall–Kier alpha value is -3.44. The van der Waals surface area contributed by atoms with Crippen molar-refractivity contribution in [2.45, 2.75) is 17.8 Å². The third kappa shape index (κ3) is 4.42. The van der Waals surface area contributed by atoms with Crippen LogP contribution in [0.15, 0.2) is 66.3 Å². The number of para-hydroxylation sites is 2. The molecule has 2 heterocycles. The van der Waals surface area contributed by atoms with Gasteiger partial charge >= 0.3 is 0 Å². The molecule has 0 aliphatic carbocycles. The summed E-state index contributed by atoms with van der Waals surface area (Å²) in [7, 11) is 0. The monoisotopic (exact) mass is 420 g/mol. The van der Waals surface area contributed by atoms with Crippen LogP contribution in [0.3, 0.4) is 0 Å². The van der Waals surface area contributed by atoms with E-state index in [0.29, 0.717) is 42.6 Å². The number of nitriles is 1. The molecule has 30 heavy (non-hydrogen) atoms. The zero-order valence-corrected chi connectivity index (χ0v) is 17.0. The third-order valence-corrected chi connectivity index (χ3v) is 5.35. The molecule has 152 valence electrons. The first-order chi connectivity index (χ1) is 14.8. The lowest BCUT2D eigenvalue weighted by Crippen LogP contribution is -2.25. The number of fused-ring (bicyclic) bond motifs is 1. The molecule has 1 aromatic heterocycles. The molecule has 0 spiro atoms. The van der Waals surface area contributed by atoms with Gasteiger partial charge in [0.1, 0.15) is 12.4 Å². The van der Waals surface area contributed by atoms with E-state index in [1.54, 1.807) is 36.0 Å². The fourth-order valence-corrected chi connectivity index (χ4v) is 3.78. The minimum Gasteiger partial charge on any atom is -0.493 e. The van der Waals surface area contributed by atoms with Crippen LogP contribution >= 0.6 is 11.8 Å². The Morgan fingerprint density at radius 1 is 1.20 bits per heavy atom. The summed E-state index contributed by atoms with van der Waals surface area (Å²) in [6.45, 7) is 5.29. The Morgan fingerprint density at radius 3 is 2.77 bits per heavy atom. The first-order valence-corrected chi connectivity index (χ1v) is 10.5. The largest absolute Gasteiger partial charge is 0.493 e. The van der Waals surface area contributed by atoms with E-state index in [1.165, 1.54) is 0 Å². The van der Waals surface area contributed by atoms with Crippen LogP contribution in [0.4, 0.5) is 0 Å². The molecule has 0 fully saturated rings. The Bertz CT molecular complexity index is 1060. The molecule has 0 saturated carbocycles. The number of rotatable bonds is 8. The minimum atomic E-state index is -0.336. The van der Waals surface area contributed by atoms with Gasteiger partial charge in [0, 0.05) is 12.3 Å². The van der Waals surface area contributed by atoms with E-state index in [1.807, 2.05) is 34.9 Å². The quantitative estimate of drug-likeness (QED) is 0.309. The van der Waals surface area contributed by atoms with E-state index in [4.69, 9.17) is 19.5 Å². The summed E-state index contributed by atoms with van der Waals surface area (Å²) < 4.78 is 19.6.